The van der Waals surface area contributed by atoms with Gasteiger partial charge in [0.2, 0.25) is 5.78 Å². The molecule has 1 heterocycles. The van der Waals surface area contributed by atoms with E-state index in [1.165, 1.54) is 38.8 Å². The zero-order chi connectivity index (χ0) is 31.1. The second kappa shape index (κ2) is 17.9. The highest BCUT2D eigenvalue weighted by atomic mass is 16.5. The van der Waals surface area contributed by atoms with E-state index in [0.29, 0.717) is 12.2 Å². The largest absolute Gasteiger partial charge is 0.494 e. The Kier molecular flexibility index (Phi) is 14.6. The predicted molar refractivity (Wildman–Crippen MR) is 167 cm³/mol. The van der Waals surface area contributed by atoms with Gasteiger partial charge >= 0.3 is 11.9 Å². The van der Waals surface area contributed by atoms with Crippen LogP contribution >= 0.6 is 0 Å². The van der Waals surface area contributed by atoms with Gasteiger partial charge in [0.1, 0.15) is 5.75 Å². The Morgan fingerprint density at radius 1 is 0.833 bits per heavy atom. The molecule has 0 saturated carbocycles. The number of rotatable bonds is 16. The Bertz CT molecular complexity index is 1280. The number of aryl methyl sites for hydroxylation is 2. The van der Waals surface area contributed by atoms with E-state index >= 15 is 0 Å². The highest BCUT2D eigenvalue weighted by molar-refractivity contribution is 6.27. The van der Waals surface area contributed by atoms with Crippen molar-refractivity contribution in [3.8, 4) is 5.75 Å². The van der Waals surface area contributed by atoms with Crippen molar-refractivity contribution in [1.29, 1.82) is 0 Å². The van der Waals surface area contributed by atoms with Gasteiger partial charge in [-0.1, -0.05) is 40.0 Å². The van der Waals surface area contributed by atoms with Crippen molar-refractivity contribution < 1.29 is 29.3 Å². The van der Waals surface area contributed by atoms with Gasteiger partial charge in [-0.25, -0.2) is 9.59 Å². The number of nitrogens with two attached hydrogens (primary N) is 1. The molecule has 0 radical (unpaired) electrons. The van der Waals surface area contributed by atoms with Crippen molar-refractivity contribution in [2.75, 3.05) is 32.0 Å². The van der Waals surface area contributed by atoms with Crippen LogP contribution in [-0.4, -0.2) is 63.6 Å². The Morgan fingerprint density at radius 2 is 1.40 bits per heavy atom. The van der Waals surface area contributed by atoms with E-state index in [4.69, 9.17) is 30.3 Å². The average molecular weight is 582 g/mol. The second-order valence-electron chi connectivity index (χ2n) is 10.5. The Balaban J connectivity index is 0.000000928. The number of nitrogen functional groups attached to an aromatic ring is 1. The van der Waals surface area contributed by atoms with Gasteiger partial charge in [0.05, 0.1) is 12.3 Å². The smallest absolute Gasteiger partial charge is 0.414 e. The lowest BCUT2D eigenvalue weighted by Crippen LogP contribution is -2.28. The Hall–Kier alpha value is -3.85. The third kappa shape index (κ3) is 10.2. The molecule has 0 fully saturated rings. The van der Waals surface area contributed by atoms with E-state index < -0.39 is 11.9 Å². The number of carbonyl (C=O) groups excluding carboxylic acids is 1. The highest BCUT2D eigenvalue weighted by Gasteiger charge is 2.22. The van der Waals surface area contributed by atoms with Crippen LogP contribution in [0.2, 0.25) is 0 Å². The van der Waals surface area contributed by atoms with Crippen LogP contribution in [0.1, 0.15) is 87.3 Å². The van der Waals surface area contributed by atoms with E-state index in [1.54, 1.807) is 0 Å². The van der Waals surface area contributed by atoms with Crippen molar-refractivity contribution >= 4 is 34.3 Å². The summed E-state index contributed by atoms with van der Waals surface area (Å²) in [4.78, 5) is 34.4. The van der Waals surface area contributed by atoms with Gasteiger partial charge in [-0.15, -0.1) is 0 Å². The van der Waals surface area contributed by atoms with Gasteiger partial charge in [0, 0.05) is 35.7 Å². The van der Waals surface area contributed by atoms with Gasteiger partial charge in [-0.3, -0.25) is 4.79 Å². The minimum atomic E-state index is -1.82. The van der Waals surface area contributed by atoms with E-state index in [2.05, 4.69) is 25.7 Å². The molecule has 0 amide bonds. The SMILES string of the molecule is CCCCc1c(C(=O)c2ccc(OCCCN(CCCC)CCCC)cc2)n(C)c2ccc(N)cc12.O=C(O)C(=O)O. The molecule has 3 aromatic rings. The van der Waals surface area contributed by atoms with E-state index in [1.807, 2.05) is 54.1 Å². The normalized spacial score (nSPS) is 10.9. The van der Waals surface area contributed by atoms with Gasteiger partial charge < -0.3 is 30.2 Å². The van der Waals surface area contributed by atoms with Gasteiger partial charge in [-0.05, 0) is 93.2 Å². The monoisotopic (exact) mass is 581 g/mol. The molecule has 2 aromatic carbocycles. The molecular weight excluding hydrogens is 534 g/mol. The number of aromatic nitrogens is 1. The molecule has 1 aromatic heterocycles. The van der Waals surface area contributed by atoms with Crippen LogP contribution in [0.5, 0.6) is 5.75 Å². The maximum atomic E-state index is 13.6. The Morgan fingerprint density at radius 3 is 1.95 bits per heavy atom. The minimum Gasteiger partial charge on any atom is -0.494 e. The van der Waals surface area contributed by atoms with E-state index in [9.17, 15) is 4.79 Å². The van der Waals surface area contributed by atoms with Crippen LogP contribution in [0.25, 0.3) is 10.9 Å². The van der Waals surface area contributed by atoms with Crippen molar-refractivity contribution in [2.24, 2.45) is 7.05 Å². The van der Waals surface area contributed by atoms with Crippen molar-refractivity contribution in [3.05, 3.63) is 59.3 Å². The number of fused-ring (bicyclic) bond motifs is 1. The number of benzene rings is 2. The lowest BCUT2D eigenvalue weighted by atomic mass is 9.99. The third-order valence-electron chi connectivity index (χ3n) is 7.17. The molecule has 0 aliphatic heterocycles. The first-order valence-electron chi connectivity index (χ1n) is 15.0. The number of ether oxygens (including phenoxy) is 1. The van der Waals surface area contributed by atoms with Crippen LogP contribution in [0.4, 0.5) is 5.69 Å². The molecule has 0 saturated heterocycles. The van der Waals surface area contributed by atoms with Crippen LogP contribution < -0.4 is 10.5 Å². The summed E-state index contributed by atoms with van der Waals surface area (Å²) in [6.45, 7) is 10.8. The Labute approximate surface area is 249 Å². The number of hydrogen-bond donors (Lipinski definition) is 3. The predicted octanol–water partition coefficient (Wildman–Crippen LogP) is 6.16. The quantitative estimate of drug-likeness (QED) is 0.0792. The summed E-state index contributed by atoms with van der Waals surface area (Å²) in [7, 11) is 1.98. The highest BCUT2D eigenvalue weighted by Crippen LogP contribution is 2.30. The lowest BCUT2D eigenvalue weighted by molar-refractivity contribution is -0.159. The molecule has 0 aliphatic rings. The summed E-state index contributed by atoms with van der Waals surface area (Å²) in [5.41, 5.74) is 10.4. The zero-order valence-electron chi connectivity index (χ0n) is 25.5. The molecule has 0 spiro atoms. The number of aliphatic carboxylic acids is 2. The number of hydrogen-bond acceptors (Lipinski definition) is 6. The molecule has 0 unspecified atom stereocenters. The summed E-state index contributed by atoms with van der Waals surface area (Å²) >= 11 is 0. The first-order chi connectivity index (χ1) is 20.1. The summed E-state index contributed by atoms with van der Waals surface area (Å²) < 4.78 is 8.03. The fourth-order valence-electron chi connectivity index (χ4n) is 4.85. The number of ketones is 1. The van der Waals surface area contributed by atoms with Crippen LogP contribution in [0.15, 0.2) is 42.5 Å². The van der Waals surface area contributed by atoms with Crippen molar-refractivity contribution in [1.82, 2.24) is 9.47 Å². The van der Waals surface area contributed by atoms with Crippen LogP contribution in [0.3, 0.4) is 0 Å². The molecule has 0 aliphatic carbocycles. The molecule has 0 bridgehead atoms. The van der Waals surface area contributed by atoms with Crippen LogP contribution in [0, 0.1) is 0 Å². The van der Waals surface area contributed by atoms with E-state index in [-0.39, 0.29) is 5.78 Å². The van der Waals surface area contributed by atoms with Crippen LogP contribution in [-0.2, 0) is 23.1 Å². The van der Waals surface area contributed by atoms with E-state index in [0.717, 1.165) is 65.8 Å². The third-order valence-corrected chi connectivity index (χ3v) is 7.17. The van der Waals surface area contributed by atoms with Crippen molar-refractivity contribution in [3.63, 3.8) is 0 Å². The summed E-state index contributed by atoms with van der Waals surface area (Å²) in [6, 6.07) is 13.5. The number of nitrogens with zero attached hydrogens (tertiary/aromatic N) is 2. The standard InChI is InChI=1S/C31H45N3O2.C2H2O4/c1-5-8-12-27-28-23-25(32)15-18-29(28)33(4)30(27)31(35)24-13-16-26(17-14-24)36-22-11-21-34(19-9-6-2)20-10-7-3;3-1(4)2(5)6/h13-18,23H,5-12,19-22,32H2,1-4H3;(H,3,4)(H,5,6). The molecule has 230 valence electrons. The first-order valence-corrected chi connectivity index (χ1v) is 15.0. The molecule has 0 atom stereocenters. The zero-order valence-corrected chi connectivity index (χ0v) is 25.5. The van der Waals surface area contributed by atoms with Gasteiger partial charge in [-0.2, -0.15) is 0 Å². The lowest BCUT2D eigenvalue weighted by Gasteiger charge is -2.21. The van der Waals surface area contributed by atoms with Gasteiger partial charge in [0.25, 0.3) is 0 Å². The fourth-order valence-corrected chi connectivity index (χ4v) is 4.85. The van der Waals surface area contributed by atoms with Crippen molar-refractivity contribution in [2.45, 2.75) is 72.1 Å². The summed E-state index contributed by atoms with van der Waals surface area (Å²) in [6.07, 6.45) is 8.96. The number of unbranched alkanes of at least 4 members (excludes halogenated alkanes) is 3. The molecular formula is C33H47N3O6. The number of carbonyl (C=O) groups is 3. The number of carboxylic acid groups (broad SMARTS) is 2. The summed E-state index contributed by atoms with van der Waals surface area (Å²) in [5, 5.41) is 15.9. The van der Waals surface area contributed by atoms with Gasteiger partial charge in [0.15, 0.2) is 0 Å². The number of anilines is 1. The maximum Gasteiger partial charge on any atom is 0.414 e. The number of carboxylic acids is 2. The molecule has 9 nitrogen and oxygen atoms in total. The second-order valence-corrected chi connectivity index (χ2v) is 10.5. The molecule has 3 rings (SSSR count). The molecule has 4 N–H and O–H groups in total. The molecule has 9 heteroatoms. The minimum absolute atomic E-state index is 0.0485. The first kappa shape index (κ1) is 34.4. The maximum absolute atomic E-state index is 13.6. The average Bonchev–Trinajstić information content (AvgIpc) is 3.25. The topological polar surface area (TPSA) is 135 Å². The molecule has 42 heavy (non-hydrogen) atoms. The summed E-state index contributed by atoms with van der Waals surface area (Å²) in [5.74, 6) is -2.78. The fraction of sp³-hybridized carbons (Fsp3) is 0.485.